The second-order valence-electron chi connectivity index (χ2n) is 23.8. The number of Topliss-reactive ketones (excluding diaryl/α,β-unsaturated/α-hetero) is 1. The lowest BCUT2D eigenvalue weighted by Gasteiger charge is -2.31. The first-order valence-corrected chi connectivity index (χ1v) is 34.3. The van der Waals surface area contributed by atoms with Crippen molar-refractivity contribution < 1.29 is 9.59 Å². The summed E-state index contributed by atoms with van der Waals surface area (Å²) in [5.41, 5.74) is 1.52. The predicted molar refractivity (Wildman–Crippen MR) is 339 cm³/mol. The number of rotatable bonds is 60. The molecule has 7 nitrogen and oxygen atoms in total. The molecular formula is C69H137N5O2. The number of ketones is 1. The minimum absolute atomic E-state index is 0.334. The van der Waals surface area contributed by atoms with Crippen molar-refractivity contribution in [1.29, 1.82) is 0 Å². The molecular weight excluding hydrogens is 931 g/mol. The Morgan fingerprint density at radius 2 is 0.737 bits per heavy atom. The quantitative estimate of drug-likeness (QED) is 0.0484. The summed E-state index contributed by atoms with van der Waals surface area (Å²) in [6.07, 6.45) is 65.1. The largest absolute Gasteiger partial charge is 0.389 e. The maximum absolute atomic E-state index is 14.5. The van der Waals surface area contributed by atoms with E-state index in [0.29, 0.717) is 18.2 Å². The summed E-state index contributed by atoms with van der Waals surface area (Å²) in [5.74, 6) is 0.679. The highest BCUT2D eigenvalue weighted by Gasteiger charge is 2.19. The zero-order valence-electron chi connectivity index (χ0n) is 52.9. The molecule has 0 atom stereocenters. The van der Waals surface area contributed by atoms with E-state index in [2.05, 4.69) is 84.8 Å². The second kappa shape index (κ2) is 60.9. The van der Waals surface area contributed by atoms with Crippen LogP contribution in [0.3, 0.4) is 0 Å². The lowest BCUT2D eigenvalue weighted by molar-refractivity contribution is -0.132. The molecule has 0 aromatic carbocycles. The molecule has 0 spiro atoms. The Kier molecular flexibility index (Phi) is 59.6. The number of hydrogen-bond acceptors (Lipinski definition) is 6. The molecule has 1 fully saturated rings. The van der Waals surface area contributed by atoms with Crippen LogP contribution in [-0.4, -0.2) is 110 Å². The van der Waals surface area contributed by atoms with Gasteiger partial charge in [-0.3, -0.25) is 14.6 Å². The minimum atomic E-state index is 0.334. The van der Waals surface area contributed by atoms with Gasteiger partial charge in [0.2, 0.25) is 5.91 Å². The van der Waals surface area contributed by atoms with E-state index in [-0.39, 0.29) is 0 Å². The van der Waals surface area contributed by atoms with Crippen LogP contribution in [-0.2, 0) is 9.59 Å². The van der Waals surface area contributed by atoms with Crippen molar-refractivity contribution in [3.63, 3.8) is 0 Å². The number of unbranched alkanes of at least 4 members (excludes halogenated alkanes) is 34. The van der Waals surface area contributed by atoms with Gasteiger partial charge in [0.15, 0.2) is 0 Å². The van der Waals surface area contributed by atoms with Crippen LogP contribution in [0, 0.1) is 0 Å². The zero-order valence-corrected chi connectivity index (χ0v) is 52.9. The molecule has 0 aromatic rings. The summed E-state index contributed by atoms with van der Waals surface area (Å²) in [4.78, 5) is 35.3. The fraction of sp³-hybridized carbons (Fsp3) is 0.913. The Hall–Kier alpha value is -1.70. The molecule has 0 aliphatic heterocycles. The maximum atomic E-state index is 14.5. The highest BCUT2D eigenvalue weighted by atomic mass is 16.2. The third-order valence-electron chi connectivity index (χ3n) is 15.9. The van der Waals surface area contributed by atoms with Gasteiger partial charge in [0, 0.05) is 52.2 Å². The monoisotopic (exact) mass is 1070 g/mol. The van der Waals surface area contributed by atoms with E-state index in [1.165, 1.54) is 282 Å². The summed E-state index contributed by atoms with van der Waals surface area (Å²) in [6, 6.07) is 0. The molecule has 1 rings (SSSR count). The Morgan fingerprint density at radius 1 is 0.382 bits per heavy atom. The van der Waals surface area contributed by atoms with E-state index in [9.17, 15) is 9.59 Å². The number of carbonyl (C=O) groups excluding carboxylic acids is 2. The molecule has 1 aliphatic carbocycles. The van der Waals surface area contributed by atoms with E-state index < -0.39 is 0 Å². The van der Waals surface area contributed by atoms with Crippen molar-refractivity contribution in [3.05, 3.63) is 23.9 Å². The summed E-state index contributed by atoms with van der Waals surface area (Å²) >= 11 is 0. The predicted octanol–water partition coefficient (Wildman–Crippen LogP) is 19.6. The molecule has 1 N–H and O–H groups in total. The van der Waals surface area contributed by atoms with Gasteiger partial charge in [-0.05, 0) is 97.1 Å². The lowest BCUT2D eigenvalue weighted by atomic mass is 10.1. The molecule has 0 heterocycles. The number of hydrogen-bond donors (Lipinski definition) is 1. The van der Waals surface area contributed by atoms with Crippen molar-refractivity contribution in [2.45, 2.75) is 331 Å². The summed E-state index contributed by atoms with van der Waals surface area (Å²) < 4.78 is 0. The number of nitrogens with zero attached hydrogens (tertiary/aromatic N) is 4. The van der Waals surface area contributed by atoms with Crippen LogP contribution in [0.2, 0.25) is 0 Å². The van der Waals surface area contributed by atoms with Gasteiger partial charge < -0.3 is 19.9 Å². The normalized spacial score (nSPS) is 12.4. The van der Waals surface area contributed by atoms with Crippen LogP contribution in [0.1, 0.15) is 331 Å². The number of allylic oxidation sites excluding steroid dienone is 2. The van der Waals surface area contributed by atoms with Crippen LogP contribution < -0.4 is 5.32 Å². The Labute approximate surface area is 477 Å². The summed E-state index contributed by atoms with van der Waals surface area (Å²) in [7, 11) is 0. The van der Waals surface area contributed by atoms with E-state index in [1.807, 2.05) is 0 Å². The molecule has 1 aliphatic rings. The Bertz CT molecular complexity index is 1230. The Morgan fingerprint density at radius 3 is 1.13 bits per heavy atom. The van der Waals surface area contributed by atoms with Gasteiger partial charge in [-0.25, -0.2) is 0 Å². The highest BCUT2D eigenvalue weighted by molar-refractivity contribution is 5.78. The summed E-state index contributed by atoms with van der Waals surface area (Å²) in [6.45, 7) is 27.4. The van der Waals surface area contributed by atoms with Crippen molar-refractivity contribution in [3.8, 4) is 0 Å². The van der Waals surface area contributed by atoms with Crippen molar-refractivity contribution in [2.75, 3.05) is 78.5 Å². The molecule has 0 saturated heterocycles. The van der Waals surface area contributed by atoms with E-state index in [4.69, 9.17) is 0 Å². The third-order valence-corrected chi connectivity index (χ3v) is 15.9. The van der Waals surface area contributed by atoms with Crippen LogP contribution in [0.15, 0.2) is 23.9 Å². The van der Waals surface area contributed by atoms with Crippen LogP contribution in [0.5, 0.6) is 0 Å². The molecule has 0 aromatic heterocycles. The van der Waals surface area contributed by atoms with Gasteiger partial charge in [0.05, 0.1) is 6.54 Å². The van der Waals surface area contributed by atoms with Crippen LogP contribution >= 0.6 is 0 Å². The fourth-order valence-corrected chi connectivity index (χ4v) is 10.6. The van der Waals surface area contributed by atoms with Gasteiger partial charge in [0.25, 0.3) is 0 Å². The molecule has 1 saturated carbocycles. The average molecular weight is 1070 g/mol. The van der Waals surface area contributed by atoms with Gasteiger partial charge >= 0.3 is 0 Å². The first-order chi connectivity index (χ1) is 37.3. The smallest absolute Gasteiger partial charge is 0.236 e. The van der Waals surface area contributed by atoms with Gasteiger partial charge in [-0.1, -0.05) is 278 Å². The van der Waals surface area contributed by atoms with E-state index >= 15 is 0 Å². The first-order valence-electron chi connectivity index (χ1n) is 34.3. The molecule has 0 unspecified atom stereocenters. The maximum Gasteiger partial charge on any atom is 0.236 e. The van der Waals surface area contributed by atoms with Gasteiger partial charge in [-0.2, -0.15) is 0 Å². The van der Waals surface area contributed by atoms with Crippen molar-refractivity contribution in [1.82, 2.24) is 24.9 Å². The second-order valence-corrected chi connectivity index (χ2v) is 23.8. The SMILES string of the molecule is CC/C=C\CN(CCCCCCCCCCCCCC)CCCN(CCNC=C1CC1)C(=O)CN(CCCCCCCCC)CCN(CCCCCCCCC)CCCCCCCCC.CCCCCCCCC(C)=O. The molecule has 0 radical (unpaired) electrons. The molecule has 0 bridgehead atoms. The van der Waals surface area contributed by atoms with E-state index in [1.54, 1.807) is 6.92 Å². The Balaban J connectivity index is 0.00000455. The number of nitrogens with one attached hydrogen (secondary N) is 1. The van der Waals surface area contributed by atoms with Crippen LogP contribution in [0.25, 0.3) is 0 Å². The van der Waals surface area contributed by atoms with Crippen molar-refractivity contribution in [2.24, 2.45) is 0 Å². The minimum Gasteiger partial charge on any atom is -0.389 e. The number of amides is 1. The molecule has 450 valence electrons. The topological polar surface area (TPSA) is 59.1 Å². The van der Waals surface area contributed by atoms with E-state index in [0.717, 1.165) is 78.0 Å². The average Bonchev–Trinajstić information content (AvgIpc) is 4.25. The van der Waals surface area contributed by atoms with Crippen LogP contribution in [0.4, 0.5) is 0 Å². The highest BCUT2D eigenvalue weighted by Crippen LogP contribution is 2.26. The lowest BCUT2D eigenvalue weighted by Crippen LogP contribution is -2.46. The molecule has 76 heavy (non-hydrogen) atoms. The zero-order chi connectivity index (χ0) is 55.5. The first kappa shape index (κ1) is 74.3. The van der Waals surface area contributed by atoms with Gasteiger partial charge in [-0.15, -0.1) is 0 Å². The fourth-order valence-electron chi connectivity index (χ4n) is 10.6. The number of carbonyl (C=O) groups is 2. The van der Waals surface area contributed by atoms with Gasteiger partial charge in [0.1, 0.15) is 5.78 Å². The summed E-state index contributed by atoms with van der Waals surface area (Å²) in [5, 5.41) is 3.57. The molecule has 7 heteroatoms. The van der Waals surface area contributed by atoms with Crippen molar-refractivity contribution >= 4 is 11.7 Å². The molecule has 1 amide bonds. The standard InChI is InChI=1S/C59H117N5O.C10H20O/c1-6-11-16-20-24-25-26-27-28-32-35-38-47-61(46-37-15-10-5)51-42-52-64(53-45-60-56-58-43-44-58)59(65)57-63(50-41-36-31-23-19-14-9-4)55-54-62(48-39-33-29-21-17-12-7-2)49-40-34-30-22-18-13-8-3;1-3-4-5-6-7-8-9-10(2)11/h15,37,56,60H,6-14,16-36,38-55,57H2,1-5H3;3-9H2,1-2H3/b37-15-;. The third kappa shape index (κ3) is 55.6.